The van der Waals surface area contributed by atoms with Crippen LogP contribution in [-0.4, -0.2) is 29.7 Å². The maximum atomic E-state index is 12.0. The Balaban J connectivity index is 1.81. The fourth-order valence-electron chi connectivity index (χ4n) is 3.78. The Labute approximate surface area is 157 Å². The van der Waals surface area contributed by atoms with Crippen LogP contribution in [-0.2, 0) is 4.79 Å². The fourth-order valence-corrected chi connectivity index (χ4v) is 3.78. The van der Waals surface area contributed by atoms with Gasteiger partial charge in [0.15, 0.2) is 0 Å². The monoisotopic (exact) mass is 362 g/mol. The van der Waals surface area contributed by atoms with Crippen molar-refractivity contribution in [1.82, 2.24) is 10.2 Å². The van der Waals surface area contributed by atoms with E-state index in [-0.39, 0.29) is 5.56 Å². The molecular weight excluding hydrogens is 340 g/mol. The molecule has 1 aromatic heterocycles. The van der Waals surface area contributed by atoms with Gasteiger partial charge >= 0.3 is 0 Å². The Morgan fingerprint density at radius 1 is 1.00 bits per heavy atom. The van der Waals surface area contributed by atoms with Crippen LogP contribution in [0, 0.1) is 0 Å². The molecule has 2 aromatic carbocycles. The summed E-state index contributed by atoms with van der Waals surface area (Å²) >= 11 is 0. The summed E-state index contributed by atoms with van der Waals surface area (Å²) in [5.41, 5.74) is 3.14. The van der Waals surface area contributed by atoms with Gasteiger partial charge in [-0.25, -0.2) is 5.10 Å². The molecule has 0 atom stereocenters. The number of nitrogens with one attached hydrogen (secondary N) is 2. The highest BCUT2D eigenvalue weighted by atomic mass is 16.1. The first kappa shape index (κ1) is 17.3. The highest BCUT2D eigenvalue weighted by molar-refractivity contribution is 5.95. The average Bonchev–Trinajstić information content (AvgIpc) is 2.98. The number of H-pyrrole nitrogens is 1. The van der Waals surface area contributed by atoms with E-state index in [0.717, 1.165) is 48.3 Å². The molecule has 2 N–H and O–H groups in total. The van der Waals surface area contributed by atoms with Gasteiger partial charge in [-0.3, -0.25) is 9.59 Å². The van der Waals surface area contributed by atoms with E-state index in [4.69, 9.17) is 0 Å². The summed E-state index contributed by atoms with van der Waals surface area (Å²) < 4.78 is 0. The molecule has 1 fully saturated rings. The molecular formula is C21H22N4O2. The van der Waals surface area contributed by atoms with Crippen molar-refractivity contribution < 1.29 is 4.79 Å². The van der Waals surface area contributed by atoms with Crippen LogP contribution in [0.5, 0.6) is 0 Å². The van der Waals surface area contributed by atoms with Crippen LogP contribution in [0.25, 0.3) is 22.0 Å². The lowest BCUT2D eigenvalue weighted by Crippen LogP contribution is -2.24. The summed E-state index contributed by atoms with van der Waals surface area (Å²) in [6.07, 6.45) is 5.53. The van der Waals surface area contributed by atoms with E-state index in [1.165, 1.54) is 12.8 Å². The summed E-state index contributed by atoms with van der Waals surface area (Å²) in [6, 6.07) is 13.4. The number of carbonyl (C=O) groups excluding carboxylic acids is 1. The van der Waals surface area contributed by atoms with Gasteiger partial charge in [-0.05, 0) is 31.0 Å². The standard InChI is InChI=1S/C21H22N4O2/c26-14-22-18-13-15(9-10-19(18)25-11-5-1-2-6-12-25)20-16-7-3-4-8-17(16)21(27)24-23-20/h3-4,7-10,13-14H,1-2,5-6,11-12H2,(H,22,26)(H,24,27). The Hall–Kier alpha value is -3.15. The predicted molar refractivity (Wildman–Crippen MR) is 108 cm³/mol. The SMILES string of the molecule is O=CNc1cc(-c2n[nH]c(=O)c3ccccc23)ccc1N1CCCCCC1. The minimum atomic E-state index is -0.207. The highest BCUT2D eigenvalue weighted by Crippen LogP contribution is 2.33. The third kappa shape index (κ3) is 3.43. The van der Waals surface area contributed by atoms with Crippen molar-refractivity contribution in [2.24, 2.45) is 0 Å². The second-order valence-electron chi connectivity index (χ2n) is 6.84. The Kier molecular flexibility index (Phi) is 4.87. The van der Waals surface area contributed by atoms with Crippen LogP contribution in [0.1, 0.15) is 25.7 Å². The number of carbonyl (C=O) groups is 1. The molecule has 1 aliphatic heterocycles. The second-order valence-corrected chi connectivity index (χ2v) is 6.84. The van der Waals surface area contributed by atoms with Crippen molar-refractivity contribution >= 4 is 28.6 Å². The third-order valence-electron chi connectivity index (χ3n) is 5.13. The van der Waals surface area contributed by atoms with Crippen LogP contribution >= 0.6 is 0 Å². The largest absolute Gasteiger partial charge is 0.370 e. The number of nitrogens with zero attached hydrogens (tertiary/aromatic N) is 2. The lowest BCUT2D eigenvalue weighted by Gasteiger charge is -2.25. The number of fused-ring (bicyclic) bond motifs is 1. The van der Waals surface area contributed by atoms with Crippen LogP contribution in [0.2, 0.25) is 0 Å². The highest BCUT2D eigenvalue weighted by Gasteiger charge is 2.16. The van der Waals surface area contributed by atoms with Crippen LogP contribution < -0.4 is 15.8 Å². The smallest absolute Gasteiger partial charge is 0.272 e. The first-order chi connectivity index (χ1) is 13.3. The van der Waals surface area contributed by atoms with Gasteiger partial charge in [0, 0.05) is 24.0 Å². The molecule has 3 aromatic rings. The third-order valence-corrected chi connectivity index (χ3v) is 5.13. The van der Waals surface area contributed by atoms with Gasteiger partial charge in [0.05, 0.1) is 22.5 Å². The average molecular weight is 362 g/mol. The van der Waals surface area contributed by atoms with Gasteiger partial charge in [0.25, 0.3) is 5.56 Å². The molecule has 6 nitrogen and oxygen atoms in total. The van der Waals surface area contributed by atoms with Gasteiger partial charge in [0.2, 0.25) is 6.41 Å². The molecule has 0 unspecified atom stereocenters. The van der Waals surface area contributed by atoms with Crippen molar-refractivity contribution in [3.8, 4) is 11.3 Å². The summed E-state index contributed by atoms with van der Waals surface area (Å²) in [5, 5.41) is 11.1. The number of aromatic nitrogens is 2. The van der Waals surface area contributed by atoms with Gasteiger partial charge in [-0.2, -0.15) is 5.10 Å². The van der Waals surface area contributed by atoms with E-state index in [1.807, 2.05) is 36.4 Å². The number of hydrogen-bond acceptors (Lipinski definition) is 4. The van der Waals surface area contributed by atoms with Crippen molar-refractivity contribution in [3.63, 3.8) is 0 Å². The first-order valence-electron chi connectivity index (χ1n) is 9.35. The van der Waals surface area contributed by atoms with E-state index < -0.39 is 0 Å². The molecule has 6 heteroatoms. The molecule has 4 rings (SSSR count). The zero-order chi connectivity index (χ0) is 18.6. The summed E-state index contributed by atoms with van der Waals surface area (Å²) in [4.78, 5) is 25.6. The molecule has 27 heavy (non-hydrogen) atoms. The van der Waals surface area contributed by atoms with Crippen molar-refractivity contribution in [1.29, 1.82) is 0 Å². The summed E-state index contributed by atoms with van der Waals surface area (Å²) in [7, 11) is 0. The summed E-state index contributed by atoms with van der Waals surface area (Å²) in [6.45, 7) is 1.99. The number of benzene rings is 2. The second kappa shape index (κ2) is 7.61. The van der Waals surface area contributed by atoms with Gasteiger partial charge < -0.3 is 10.2 Å². The molecule has 0 saturated carbocycles. The van der Waals surface area contributed by atoms with Crippen molar-refractivity contribution in [2.75, 3.05) is 23.3 Å². The maximum Gasteiger partial charge on any atom is 0.272 e. The van der Waals surface area contributed by atoms with Crippen LogP contribution in [0.3, 0.4) is 0 Å². The zero-order valence-corrected chi connectivity index (χ0v) is 15.1. The van der Waals surface area contributed by atoms with Gasteiger partial charge in [-0.1, -0.05) is 37.1 Å². The van der Waals surface area contributed by atoms with Crippen molar-refractivity contribution in [3.05, 3.63) is 52.8 Å². The number of amides is 1. The van der Waals surface area contributed by atoms with Crippen LogP contribution in [0.4, 0.5) is 11.4 Å². The first-order valence-corrected chi connectivity index (χ1v) is 9.35. The minimum Gasteiger partial charge on any atom is -0.370 e. The molecule has 0 bridgehead atoms. The maximum absolute atomic E-state index is 12.0. The molecule has 1 saturated heterocycles. The van der Waals surface area contributed by atoms with E-state index >= 15 is 0 Å². The number of rotatable bonds is 4. The number of anilines is 2. The predicted octanol–water partition coefficient (Wildman–Crippen LogP) is 3.54. The lowest BCUT2D eigenvalue weighted by atomic mass is 10.0. The molecule has 1 amide bonds. The molecule has 0 aliphatic carbocycles. The van der Waals surface area contributed by atoms with E-state index in [1.54, 1.807) is 6.07 Å². The fraction of sp³-hybridized carbons (Fsp3) is 0.286. The molecule has 0 radical (unpaired) electrons. The number of aromatic amines is 1. The lowest BCUT2D eigenvalue weighted by molar-refractivity contribution is -0.105. The Bertz CT molecular complexity index is 1020. The van der Waals surface area contributed by atoms with E-state index in [9.17, 15) is 9.59 Å². The quantitative estimate of drug-likeness (QED) is 0.696. The van der Waals surface area contributed by atoms with Crippen molar-refractivity contribution in [2.45, 2.75) is 25.7 Å². The van der Waals surface area contributed by atoms with E-state index in [2.05, 4.69) is 20.4 Å². The molecule has 138 valence electrons. The minimum absolute atomic E-state index is 0.207. The Morgan fingerprint density at radius 3 is 2.48 bits per heavy atom. The molecule has 2 heterocycles. The number of hydrogen-bond donors (Lipinski definition) is 2. The molecule has 0 spiro atoms. The van der Waals surface area contributed by atoms with Crippen LogP contribution in [0.15, 0.2) is 47.3 Å². The molecule has 1 aliphatic rings. The van der Waals surface area contributed by atoms with Gasteiger partial charge in [0.1, 0.15) is 0 Å². The van der Waals surface area contributed by atoms with Gasteiger partial charge in [-0.15, -0.1) is 0 Å². The normalized spacial score (nSPS) is 14.7. The van der Waals surface area contributed by atoms with E-state index in [0.29, 0.717) is 17.5 Å². The zero-order valence-electron chi connectivity index (χ0n) is 15.1. The summed E-state index contributed by atoms with van der Waals surface area (Å²) in [5.74, 6) is 0. The Morgan fingerprint density at radius 2 is 1.74 bits per heavy atom. The topological polar surface area (TPSA) is 78.1 Å².